The fraction of sp³-hybridized carbons (Fsp3) is 0.294. The van der Waals surface area contributed by atoms with E-state index in [-0.39, 0.29) is 0 Å². The summed E-state index contributed by atoms with van der Waals surface area (Å²) in [5, 5.41) is 3.47. The molecule has 0 radical (unpaired) electrons. The molecule has 0 aromatic heterocycles. The van der Waals surface area contributed by atoms with Crippen LogP contribution in [-0.4, -0.2) is 21.2 Å². The lowest BCUT2D eigenvalue weighted by atomic mass is 10.1. The van der Waals surface area contributed by atoms with E-state index < -0.39 is 0 Å². The number of methoxy groups -OCH3 is 1. The second kappa shape index (κ2) is 6.96. The molecule has 0 amide bonds. The number of rotatable bonds is 6. The Morgan fingerprint density at radius 1 is 1.00 bits per heavy atom. The standard InChI is InChI=1S/C17H22N2O/c1-19(2)16-10-8-14(9-11-16)12-18-17-7-5-4-6-15(17)13-20-3/h4-11,18H,12-13H2,1-3H3. The van der Waals surface area contributed by atoms with Gasteiger partial charge in [0.2, 0.25) is 0 Å². The van der Waals surface area contributed by atoms with Crippen molar-refractivity contribution in [2.45, 2.75) is 13.2 Å². The summed E-state index contributed by atoms with van der Waals surface area (Å²) in [6.45, 7) is 1.44. The van der Waals surface area contributed by atoms with Crippen LogP contribution in [0, 0.1) is 0 Å². The van der Waals surface area contributed by atoms with Crippen LogP contribution in [0.15, 0.2) is 48.5 Å². The predicted octanol–water partition coefficient (Wildman–Crippen LogP) is 3.51. The van der Waals surface area contributed by atoms with E-state index in [1.807, 2.05) is 26.2 Å². The minimum Gasteiger partial charge on any atom is -0.381 e. The molecule has 3 nitrogen and oxygen atoms in total. The predicted molar refractivity (Wildman–Crippen MR) is 85.3 cm³/mol. The lowest BCUT2D eigenvalue weighted by molar-refractivity contribution is 0.185. The van der Waals surface area contributed by atoms with Crippen LogP contribution in [0.4, 0.5) is 11.4 Å². The summed E-state index contributed by atoms with van der Waals surface area (Å²) < 4.78 is 5.22. The summed E-state index contributed by atoms with van der Waals surface area (Å²) in [6.07, 6.45) is 0. The molecular formula is C17H22N2O. The van der Waals surface area contributed by atoms with Gasteiger partial charge in [0.05, 0.1) is 6.61 Å². The number of hydrogen-bond donors (Lipinski definition) is 1. The van der Waals surface area contributed by atoms with Crippen molar-refractivity contribution in [1.29, 1.82) is 0 Å². The number of ether oxygens (including phenoxy) is 1. The largest absolute Gasteiger partial charge is 0.381 e. The van der Waals surface area contributed by atoms with Crippen molar-refractivity contribution in [3.63, 3.8) is 0 Å². The van der Waals surface area contributed by atoms with E-state index in [4.69, 9.17) is 4.74 Å². The highest BCUT2D eigenvalue weighted by Gasteiger charge is 2.01. The molecule has 2 rings (SSSR count). The molecule has 0 unspecified atom stereocenters. The van der Waals surface area contributed by atoms with Crippen molar-refractivity contribution in [3.8, 4) is 0 Å². The van der Waals surface area contributed by atoms with E-state index in [1.54, 1.807) is 7.11 Å². The first-order valence-electron chi connectivity index (χ1n) is 6.77. The van der Waals surface area contributed by atoms with Gasteiger partial charge in [-0.25, -0.2) is 0 Å². The van der Waals surface area contributed by atoms with Gasteiger partial charge < -0.3 is 15.0 Å². The Balaban J connectivity index is 2.01. The maximum atomic E-state index is 5.22. The van der Waals surface area contributed by atoms with Gasteiger partial charge in [0.25, 0.3) is 0 Å². The number of para-hydroxylation sites is 1. The summed E-state index contributed by atoms with van der Waals surface area (Å²) in [5.41, 5.74) is 4.79. The van der Waals surface area contributed by atoms with Crippen LogP contribution in [0.25, 0.3) is 0 Å². The lowest BCUT2D eigenvalue weighted by Crippen LogP contribution is -2.08. The normalized spacial score (nSPS) is 10.3. The van der Waals surface area contributed by atoms with Crippen LogP contribution in [0.1, 0.15) is 11.1 Å². The van der Waals surface area contributed by atoms with Crippen LogP contribution in [-0.2, 0) is 17.9 Å². The topological polar surface area (TPSA) is 24.5 Å². The second-order valence-electron chi connectivity index (χ2n) is 5.00. The first-order valence-corrected chi connectivity index (χ1v) is 6.77. The molecule has 0 aliphatic carbocycles. The van der Waals surface area contributed by atoms with Crippen LogP contribution >= 0.6 is 0 Å². The lowest BCUT2D eigenvalue weighted by Gasteiger charge is -2.14. The van der Waals surface area contributed by atoms with Crippen molar-refractivity contribution in [2.75, 3.05) is 31.4 Å². The maximum absolute atomic E-state index is 5.22. The Bertz CT molecular complexity index is 535. The molecule has 3 heteroatoms. The zero-order valence-electron chi connectivity index (χ0n) is 12.4. The Kier molecular flexibility index (Phi) is 5.02. The smallest absolute Gasteiger partial charge is 0.0733 e. The fourth-order valence-corrected chi connectivity index (χ4v) is 2.08. The zero-order valence-corrected chi connectivity index (χ0v) is 12.4. The van der Waals surface area contributed by atoms with Crippen molar-refractivity contribution < 1.29 is 4.74 Å². The SMILES string of the molecule is COCc1ccccc1NCc1ccc(N(C)C)cc1. The Labute approximate surface area is 121 Å². The van der Waals surface area contributed by atoms with Crippen molar-refractivity contribution in [2.24, 2.45) is 0 Å². The molecule has 0 aliphatic heterocycles. The van der Waals surface area contributed by atoms with E-state index in [9.17, 15) is 0 Å². The van der Waals surface area contributed by atoms with Crippen LogP contribution < -0.4 is 10.2 Å². The molecule has 0 heterocycles. The third kappa shape index (κ3) is 3.75. The van der Waals surface area contributed by atoms with E-state index >= 15 is 0 Å². The number of benzene rings is 2. The zero-order chi connectivity index (χ0) is 14.4. The van der Waals surface area contributed by atoms with Gasteiger partial charge in [0, 0.05) is 44.7 Å². The first kappa shape index (κ1) is 14.4. The molecule has 0 bridgehead atoms. The van der Waals surface area contributed by atoms with E-state index in [0.29, 0.717) is 6.61 Å². The van der Waals surface area contributed by atoms with Crippen LogP contribution in [0.2, 0.25) is 0 Å². The van der Waals surface area contributed by atoms with Gasteiger partial charge in [-0.2, -0.15) is 0 Å². The van der Waals surface area contributed by atoms with Gasteiger partial charge in [-0.1, -0.05) is 30.3 Å². The fourth-order valence-electron chi connectivity index (χ4n) is 2.08. The quantitative estimate of drug-likeness (QED) is 0.869. The molecule has 1 N–H and O–H groups in total. The Hall–Kier alpha value is -2.00. The van der Waals surface area contributed by atoms with E-state index in [2.05, 4.69) is 46.6 Å². The Morgan fingerprint density at radius 2 is 1.70 bits per heavy atom. The van der Waals surface area contributed by atoms with Gasteiger partial charge in [0.1, 0.15) is 0 Å². The highest BCUT2D eigenvalue weighted by atomic mass is 16.5. The average Bonchev–Trinajstić information content (AvgIpc) is 2.47. The Morgan fingerprint density at radius 3 is 2.35 bits per heavy atom. The molecule has 0 saturated carbocycles. The third-order valence-corrected chi connectivity index (χ3v) is 3.25. The van der Waals surface area contributed by atoms with Crippen LogP contribution in [0.5, 0.6) is 0 Å². The molecule has 2 aromatic carbocycles. The summed E-state index contributed by atoms with van der Waals surface area (Å²) in [5.74, 6) is 0. The number of hydrogen-bond acceptors (Lipinski definition) is 3. The summed E-state index contributed by atoms with van der Waals surface area (Å²) in [6, 6.07) is 16.8. The molecule has 0 aliphatic rings. The minimum atomic E-state index is 0.628. The van der Waals surface area contributed by atoms with Crippen LogP contribution in [0.3, 0.4) is 0 Å². The third-order valence-electron chi connectivity index (χ3n) is 3.25. The summed E-state index contributed by atoms with van der Waals surface area (Å²) in [7, 11) is 5.82. The molecule has 0 fully saturated rings. The second-order valence-corrected chi connectivity index (χ2v) is 5.00. The minimum absolute atomic E-state index is 0.628. The van der Waals surface area contributed by atoms with Gasteiger partial charge in [-0.3, -0.25) is 0 Å². The molecule has 106 valence electrons. The van der Waals surface area contributed by atoms with Gasteiger partial charge >= 0.3 is 0 Å². The molecule has 2 aromatic rings. The molecule has 0 spiro atoms. The highest BCUT2D eigenvalue weighted by molar-refractivity contribution is 5.52. The molecule has 0 atom stereocenters. The van der Waals surface area contributed by atoms with Gasteiger partial charge in [-0.15, -0.1) is 0 Å². The molecule has 0 saturated heterocycles. The maximum Gasteiger partial charge on any atom is 0.0733 e. The van der Waals surface area contributed by atoms with Crippen molar-refractivity contribution in [1.82, 2.24) is 0 Å². The van der Waals surface area contributed by atoms with Gasteiger partial charge in [0.15, 0.2) is 0 Å². The first-order chi connectivity index (χ1) is 9.70. The summed E-state index contributed by atoms with van der Waals surface area (Å²) in [4.78, 5) is 2.10. The number of nitrogens with zero attached hydrogens (tertiary/aromatic N) is 1. The van der Waals surface area contributed by atoms with Gasteiger partial charge in [-0.05, 0) is 23.8 Å². The molecule has 20 heavy (non-hydrogen) atoms. The number of nitrogens with one attached hydrogen (secondary N) is 1. The average molecular weight is 270 g/mol. The number of anilines is 2. The van der Waals surface area contributed by atoms with E-state index in [0.717, 1.165) is 12.2 Å². The van der Waals surface area contributed by atoms with Crippen molar-refractivity contribution >= 4 is 11.4 Å². The molecular weight excluding hydrogens is 248 g/mol. The van der Waals surface area contributed by atoms with Crippen molar-refractivity contribution in [3.05, 3.63) is 59.7 Å². The van der Waals surface area contributed by atoms with E-state index in [1.165, 1.54) is 16.8 Å². The monoisotopic (exact) mass is 270 g/mol. The summed E-state index contributed by atoms with van der Waals surface area (Å²) >= 11 is 0. The highest BCUT2D eigenvalue weighted by Crippen LogP contribution is 2.18.